The van der Waals surface area contributed by atoms with E-state index in [2.05, 4.69) is 25.4 Å². The van der Waals surface area contributed by atoms with Crippen LogP contribution in [0.25, 0.3) is 11.4 Å². The summed E-state index contributed by atoms with van der Waals surface area (Å²) in [4.78, 5) is 26.2. The number of anilines is 2. The second kappa shape index (κ2) is 8.17. The summed E-state index contributed by atoms with van der Waals surface area (Å²) in [6.07, 6.45) is -1.44. The van der Waals surface area contributed by atoms with Crippen LogP contribution < -0.4 is 10.2 Å². The maximum absolute atomic E-state index is 13.4. The fraction of sp³-hybridized carbons (Fsp3) is 0.350. The molecule has 0 saturated carbocycles. The number of amides is 1. The van der Waals surface area contributed by atoms with Gasteiger partial charge >= 0.3 is 6.18 Å². The lowest BCUT2D eigenvalue weighted by molar-refractivity contribution is -0.168. The number of aromatic nitrogens is 5. The number of hydrogen-bond acceptors (Lipinski definition) is 6. The Bertz CT molecular complexity index is 1130. The van der Waals surface area contributed by atoms with Crippen molar-refractivity contribution in [3.05, 3.63) is 48.3 Å². The second-order valence-electron chi connectivity index (χ2n) is 7.60. The molecule has 1 saturated heterocycles. The van der Waals surface area contributed by atoms with E-state index in [1.54, 1.807) is 32.2 Å². The Balaban J connectivity index is 1.59. The molecule has 1 unspecified atom stereocenters. The lowest BCUT2D eigenvalue weighted by Crippen LogP contribution is -2.40. The van der Waals surface area contributed by atoms with Crippen LogP contribution in [-0.2, 0) is 11.8 Å². The van der Waals surface area contributed by atoms with Gasteiger partial charge in [-0.25, -0.2) is 19.3 Å². The maximum Gasteiger partial charge on any atom is 0.393 e. The lowest BCUT2D eigenvalue weighted by atomic mass is 10.0. The van der Waals surface area contributed by atoms with Crippen LogP contribution in [0.3, 0.4) is 0 Å². The van der Waals surface area contributed by atoms with Crippen LogP contribution in [0.5, 0.6) is 0 Å². The third kappa shape index (κ3) is 4.39. The van der Waals surface area contributed by atoms with Crippen LogP contribution in [0, 0.1) is 18.7 Å². The molecule has 32 heavy (non-hydrogen) atoms. The zero-order valence-electron chi connectivity index (χ0n) is 17.1. The third-order valence-corrected chi connectivity index (χ3v) is 5.28. The van der Waals surface area contributed by atoms with Crippen LogP contribution >= 0.6 is 0 Å². The Morgan fingerprint density at radius 3 is 2.53 bits per heavy atom. The Kier molecular flexibility index (Phi) is 5.53. The van der Waals surface area contributed by atoms with Gasteiger partial charge in [-0.3, -0.25) is 9.48 Å². The number of rotatable bonds is 4. The first-order valence-electron chi connectivity index (χ1n) is 9.70. The average Bonchev–Trinajstić information content (AvgIpc) is 3.36. The molecule has 1 N–H and O–H groups in total. The summed E-state index contributed by atoms with van der Waals surface area (Å²) in [5, 5.41) is 6.73. The molecule has 168 valence electrons. The molecule has 4 rings (SSSR count). The fourth-order valence-corrected chi connectivity index (χ4v) is 3.62. The third-order valence-electron chi connectivity index (χ3n) is 5.28. The molecule has 3 heterocycles. The summed E-state index contributed by atoms with van der Waals surface area (Å²) in [6.45, 7) is 1.39. The van der Waals surface area contributed by atoms with Gasteiger partial charge in [0.1, 0.15) is 12.4 Å². The zero-order valence-corrected chi connectivity index (χ0v) is 17.1. The van der Waals surface area contributed by atoms with Crippen molar-refractivity contribution in [3.8, 4) is 11.4 Å². The van der Waals surface area contributed by atoms with E-state index in [1.807, 2.05) is 0 Å². The van der Waals surface area contributed by atoms with Gasteiger partial charge in [0.2, 0.25) is 11.9 Å². The highest BCUT2D eigenvalue weighted by Crippen LogP contribution is 2.38. The van der Waals surface area contributed by atoms with Gasteiger partial charge in [0, 0.05) is 24.8 Å². The van der Waals surface area contributed by atoms with Crippen molar-refractivity contribution in [2.75, 3.05) is 16.8 Å². The van der Waals surface area contributed by atoms with E-state index in [-0.39, 0.29) is 11.8 Å². The van der Waals surface area contributed by atoms with Crippen molar-refractivity contribution in [1.82, 2.24) is 24.7 Å². The smallest absolute Gasteiger partial charge is 0.327 e. The number of aryl methyl sites for hydroxylation is 2. The Morgan fingerprint density at radius 2 is 1.91 bits per heavy atom. The normalized spacial score (nSPS) is 18.8. The summed E-state index contributed by atoms with van der Waals surface area (Å²) >= 11 is 0. The number of benzene rings is 1. The summed E-state index contributed by atoms with van der Waals surface area (Å²) in [5.74, 6) is -2.55. The monoisotopic (exact) mass is 449 g/mol. The average molecular weight is 449 g/mol. The highest BCUT2D eigenvalue weighted by atomic mass is 19.4. The number of halogens is 4. The van der Waals surface area contributed by atoms with E-state index in [0.717, 1.165) is 18.0 Å². The fourth-order valence-electron chi connectivity index (χ4n) is 3.62. The number of alkyl halides is 3. The molecule has 2 atom stereocenters. The first-order valence-corrected chi connectivity index (χ1v) is 9.70. The molecule has 12 heteroatoms. The Hall–Kier alpha value is -3.57. The highest BCUT2D eigenvalue weighted by Gasteiger charge is 2.50. The molecule has 0 radical (unpaired) electrons. The molecule has 1 aromatic carbocycles. The SMILES string of the molecule is Cc1ccc(NC(=O)C2C[C@H](C(F)(F)F)CN2c2ncn(C)n2)cc1-c1ncc(F)cn1. The number of nitrogens with one attached hydrogen (secondary N) is 1. The standard InChI is InChI=1S/C20H19F4N7O/c1-11-3-4-14(6-15(11)17-25-7-13(21)8-26-17)28-18(32)16-5-12(20(22,23)24)9-31(16)19-27-10-30(2)29-19/h3-4,6-8,10,12,16H,5,9H2,1-2H3,(H,28,32)/t12-,16?/m0/s1. The predicted molar refractivity (Wildman–Crippen MR) is 107 cm³/mol. The number of carbonyl (C=O) groups excluding carboxylic acids is 1. The van der Waals surface area contributed by atoms with Crippen LogP contribution in [0.15, 0.2) is 36.9 Å². The topological polar surface area (TPSA) is 88.8 Å². The number of nitrogens with zero attached hydrogens (tertiary/aromatic N) is 6. The van der Waals surface area contributed by atoms with Gasteiger partial charge in [0.15, 0.2) is 11.6 Å². The first-order chi connectivity index (χ1) is 15.1. The quantitative estimate of drug-likeness (QED) is 0.616. The Labute approximate surface area is 180 Å². The summed E-state index contributed by atoms with van der Waals surface area (Å²) < 4.78 is 54.7. The van der Waals surface area contributed by atoms with E-state index >= 15 is 0 Å². The summed E-state index contributed by atoms with van der Waals surface area (Å²) in [5.41, 5.74) is 1.70. The van der Waals surface area contributed by atoms with Gasteiger partial charge in [0.05, 0.1) is 18.3 Å². The molecule has 0 aliphatic carbocycles. The number of hydrogen-bond donors (Lipinski definition) is 1. The van der Waals surface area contributed by atoms with Crippen molar-refractivity contribution >= 4 is 17.5 Å². The van der Waals surface area contributed by atoms with Crippen molar-refractivity contribution in [1.29, 1.82) is 0 Å². The molecule has 1 aliphatic heterocycles. The molecule has 8 nitrogen and oxygen atoms in total. The van der Waals surface area contributed by atoms with Crippen LogP contribution in [-0.4, -0.2) is 49.4 Å². The minimum Gasteiger partial charge on any atom is -0.327 e. The molecule has 2 aromatic heterocycles. The molecule has 1 fully saturated rings. The maximum atomic E-state index is 13.4. The van der Waals surface area contributed by atoms with Crippen molar-refractivity contribution < 1.29 is 22.4 Å². The van der Waals surface area contributed by atoms with Crippen molar-refractivity contribution in [2.45, 2.75) is 25.6 Å². The van der Waals surface area contributed by atoms with Gasteiger partial charge < -0.3 is 10.2 Å². The molecule has 3 aromatic rings. The molecule has 1 amide bonds. The molecule has 0 spiro atoms. The first kappa shape index (κ1) is 21.7. The van der Waals surface area contributed by atoms with Crippen molar-refractivity contribution in [2.24, 2.45) is 13.0 Å². The summed E-state index contributed by atoms with van der Waals surface area (Å²) in [6, 6.07) is 3.83. The highest BCUT2D eigenvalue weighted by molar-refractivity contribution is 5.97. The minimum absolute atomic E-state index is 0.0590. The molecule has 0 bridgehead atoms. The van der Waals surface area contributed by atoms with Crippen LogP contribution in [0.1, 0.15) is 12.0 Å². The molecular weight excluding hydrogens is 430 g/mol. The van der Waals surface area contributed by atoms with Gasteiger partial charge in [-0.1, -0.05) is 6.07 Å². The predicted octanol–water partition coefficient (Wildman–Crippen LogP) is 3.12. The van der Waals surface area contributed by atoms with E-state index in [1.165, 1.54) is 15.9 Å². The van der Waals surface area contributed by atoms with Gasteiger partial charge in [-0.2, -0.15) is 13.2 Å². The largest absolute Gasteiger partial charge is 0.393 e. The van der Waals surface area contributed by atoms with E-state index < -0.39 is 42.8 Å². The minimum atomic E-state index is -4.45. The van der Waals surface area contributed by atoms with Crippen LogP contribution in [0.4, 0.5) is 29.2 Å². The molecule has 1 aliphatic rings. The van der Waals surface area contributed by atoms with E-state index in [0.29, 0.717) is 11.3 Å². The van der Waals surface area contributed by atoms with E-state index in [9.17, 15) is 22.4 Å². The van der Waals surface area contributed by atoms with E-state index in [4.69, 9.17) is 0 Å². The Morgan fingerprint density at radius 1 is 1.19 bits per heavy atom. The van der Waals surface area contributed by atoms with Gasteiger partial charge in [0.25, 0.3) is 0 Å². The molecular formula is C20H19F4N7O. The van der Waals surface area contributed by atoms with Gasteiger partial charge in [-0.15, -0.1) is 5.10 Å². The van der Waals surface area contributed by atoms with Crippen LogP contribution in [0.2, 0.25) is 0 Å². The second-order valence-corrected chi connectivity index (χ2v) is 7.60. The van der Waals surface area contributed by atoms with Gasteiger partial charge in [-0.05, 0) is 31.0 Å². The lowest BCUT2D eigenvalue weighted by Gasteiger charge is -2.22. The zero-order chi connectivity index (χ0) is 23.0. The summed E-state index contributed by atoms with van der Waals surface area (Å²) in [7, 11) is 1.59. The number of carbonyl (C=O) groups is 1. The van der Waals surface area contributed by atoms with Crippen molar-refractivity contribution in [3.63, 3.8) is 0 Å².